The van der Waals surface area contributed by atoms with Gasteiger partial charge in [-0.1, -0.05) is 36.2 Å². The zero-order valence-electron chi connectivity index (χ0n) is 11.9. The van der Waals surface area contributed by atoms with E-state index in [1.807, 2.05) is 18.2 Å². The highest BCUT2D eigenvalue weighted by Crippen LogP contribution is 2.35. The summed E-state index contributed by atoms with van der Waals surface area (Å²) in [5, 5.41) is 7.62. The Morgan fingerprint density at radius 3 is 3.05 bits per heavy atom. The number of nitrogens with one attached hydrogen (secondary N) is 1. The summed E-state index contributed by atoms with van der Waals surface area (Å²) in [6, 6.07) is 8.28. The van der Waals surface area contributed by atoms with Crippen LogP contribution in [0.2, 0.25) is 0 Å². The molecule has 2 unspecified atom stereocenters. The average molecular weight is 285 g/mol. The summed E-state index contributed by atoms with van der Waals surface area (Å²) in [4.78, 5) is 4.58. The first-order valence-electron chi connectivity index (χ1n) is 7.71. The normalized spacial score (nSPS) is 25.1. The number of nitrogens with zero attached hydrogens (tertiary/aromatic N) is 2. The fourth-order valence-corrected chi connectivity index (χ4v) is 3.09. The summed E-state index contributed by atoms with van der Waals surface area (Å²) < 4.78 is 11.4. The number of hydrogen-bond acceptors (Lipinski definition) is 5. The third-order valence-corrected chi connectivity index (χ3v) is 4.25. The SMILES string of the molecule is c1ccc2c(c1)CC(c1noc(C3CCCCCN3)n1)O2. The molecule has 2 aromatic rings. The van der Waals surface area contributed by atoms with Gasteiger partial charge in [-0.05, 0) is 31.0 Å². The predicted molar refractivity (Wildman–Crippen MR) is 77.0 cm³/mol. The molecule has 1 aromatic heterocycles. The quantitative estimate of drug-likeness (QED) is 0.919. The summed E-state index contributed by atoms with van der Waals surface area (Å²) >= 11 is 0. The molecule has 3 heterocycles. The number of para-hydroxylation sites is 1. The minimum Gasteiger partial charge on any atom is -0.482 e. The summed E-state index contributed by atoms with van der Waals surface area (Å²) in [7, 11) is 0. The van der Waals surface area contributed by atoms with Crippen molar-refractivity contribution in [2.24, 2.45) is 0 Å². The molecule has 0 aliphatic carbocycles. The number of aromatic nitrogens is 2. The van der Waals surface area contributed by atoms with Gasteiger partial charge in [0.1, 0.15) is 5.75 Å². The fourth-order valence-electron chi connectivity index (χ4n) is 3.09. The van der Waals surface area contributed by atoms with E-state index in [9.17, 15) is 0 Å². The highest BCUT2D eigenvalue weighted by Gasteiger charge is 2.29. The lowest BCUT2D eigenvalue weighted by atomic mass is 10.1. The molecule has 1 saturated heterocycles. The van der Waals surface area contributed by atoms with Gasteiger partial charge in [-0.15, -0.1) is 0 Å². The van der Waals surface area contributed by atoms with Crippen molar-refractivity contribution < 1.29 is 9.26 Å². The molecule has 5 nitrogen and oxygen atoms in total. The number of fused-ring (bicyclic) bond motifs is 1. The molecule has 2 aliphatic rings. The van der Waals surface area contributed by atoms with E-state index in [1.54, 1.807) is 0 Å². The Morgan fingerprint density at radius 2 is 2.10 bits per heavy atom. The van der Waals surface area contributed by atoms with Crippen molar-refractivity contribution in [3.8, 4) is 5.75 Å². The minimum absolute atomic E-state index is 0.120. The van der Waals surface area contributed by atoms with Crippen molar-refractivity contribution in [1.82, 2.24) is 15.5 Å². The molecule has 21 heavy (non-hydrogen) atoms. The van der Waals surface area contributed by atoms with Crippen molar-refractivity contribution in [3.05, 3.63) is 41.5 Å². The third-order valence-electron chi connectivity index (χ3n) is 4.25. The molecule has 0 spiro atoms. The van der Waals surface area contributed by atoms with Crippen LogP contribution in [-0.2, 0) is 6.42 Å². The highest BCUT2D eigenvalue weighted by molar-refractivity contribution is 5.37. The Balaban J connectivity index is 1.50. The topological polar surface area (TPSA) is 60.2 Å². The molecule has 0 radical (unpaired) electrons. The van der Waals surface area contributed by atoms with Crippen LogP contribution >= 0.6 is 0 Å². The lowest BCUT2D eigenvalue weighted by Gasteiger charge is -2.09. The largest absolute Gasteiger partial charge is 0.482 e. The number of hydrogen-bond donors (Lipinski definition) is 1. The number of rotatable bonds is 2. The van der Waals surface area contributed by atoms with Crippen molar-refractivity contribution >= 4 is 0 Å². The van der Waals surface area contributed by atoms with Gasteiger partial charge in [0.25, 0.3) is 0 Å². The van der Waals surface area contributed by atoms with Gasteiger partial charge in [-0.3, -0.25) is 0 Å². The van der Waals surface area contributed by atoms with E-state index in [0.717, 1.165) is 25.1 Å². The van der Waals surface area contributed by atoms with Gasteiger partial charge in [0, 0.05) is 6.42 Å². The van der Waals surface area contributed by atoms with Crippen molar-refractivity contribution in [3.63, 3.8) is 0 Å². The maximum absolute atomic E-state index is 5.91. The van der Waals surface area contributed by atoms with E-state index in [1.165, 1.54) is 24.8 Å². The molecule has 1 N–H and O–H groups in total. The average Bonchev–Trinajstić information content (AvgIpc) is 3.07. The van der Waals surface area contributed by atoms with Crippen LogP contribution in [0.1, 0.15) is 55.1 Å². The molecule has 0 bridgehead atoms. The molecule has 0 saturated carbocycles. The summed E-state index contributed by atoms with van der Waals surface area (Å²) in [6.07, 6.45) is 5.46. The first-order valence-corrected chi connectivity index (χ1v) is 7.71. The first-order chi connectivity index (χ1) is 10.4. The van der Waals surface area contributed by atoms with E-state index in [2.05, 4.69) is 21.5 Å². The molecule has 5 heteroatoms. The third kappa shape index (κ3) is 2.53. The number of benzene rings is 1. The Hall–Kier alpha value is -1.88. The summed E-state index contributed by atoms with van der Waals surface area (Å²) in [5.74, 6) is 2.29. The minimum atomic E-state index is -0.120. The Morgan fingerprint density at radius 1 is 1.14 bits per heavy atom. The standard InChI is InChI=1S/C16H19N3O2/c1-2-7-12(17-9-5-1)16-18-15(19-21-16)14-10-11-6-3-4-8-13(11)20-14/h3-4,6,8,12,14,17H,1-2,5,7,9-10H2. The lowest BCUT2D eigenvalue weighted by Crippen LogP contribution is -2.20. The fraction of sp³-hybridized carbons (Fsp3) is 0.500. The van der Waals surface area contributed by atoms with E-state index in [0.29, 0.717) is 11.7 Å². The van der Waals surface area contributed by atoms with Crippen LogP contribution in [0.25, 0.3) is 0 Å². The van der Waals surface area contributed by atoms with E-state index in [4.69, 9.17) is 9.26 Å². The zero-order valence-corrected chi connectivity index (χ0v) is 11.9. The molecule has 2 atom stereocenters. The summed E-state index contributed by atoms with van der Waals surface area (Å²) in [5.41, 5.74) is 1.21. The van der Waals surface area contributed by atoms with E-state index >= 15 is 0 Å². The highest BCUT2D eigenvalue weighted by atomic mass is 16.5. The molecule has 110 valence electrons. The molecule has 1 fully saturated rings. The van der Waals surface area contributed by atoms with Crippen LogP contribution in [-0.4, -0.2) is 16.7 Å². The van der Waals surface area contributed by atoms with Crippen LogP contribution in [0, 0.1) is 0 Å². The van der Waals surface area contributed by atoms with Gasteiger partial charge < -0.3 is 14.6 Å². The Kier molecular flexibility index (Phi) is 3.35. The molecule has 4 rings (SSSR count). The molecule has 0 amide bonds. The van der Waals surface area contributed by atoms with E-state index in [-0.39, 0.29) is 12.1 Å². The second kappa shape index (κ2) is 5.48. The zero-order chi connectivity index (χ0) is 14.1. The smallest absolute Gasteiger partial charge is 0.243 e. The second-order valence-corrected chi connectivity index (χ2v) is 5.77. The van der Waals surface area contributed by atoms with Gasteiger partial charge in [-0.25, -0.2) is 0 Å². The monoisotopic (exact) mass is 285 g/mol. The predicted octanol–water partition coefficient (Wildman–Crippen LogP) is 2.95. The van der Waals surface area contributed by atoms with Gasteiger partial charge in [0.2, 0.25) is 11.7 Å². The van der Waals surface area contributed by atoms with Gasteiger partial charge >= 0.3 is 0 Å². The Labute approximate surface area is 123 Å². The molecular weight excluding hydrogens is 266 g/mol. The van der Waals surface area contributed by atoms with Crippen LogP contribution in [0.3, 0.4) is 0 Å². The van der Waals surface area contributed by atoms with E-state index < -0.39 is 0 Å². The van der Waals surface area contributed by atoms with Crippen molar-refractivity contribution in [2.45, 2.75) is 44.2 Å². The summed E-state index contributed by atoms with van der Waals surface area (Å²) in [6.45, 7) is 1.02. The van der Waals surface area contributed by atoms with Crippen molar-refractivity contribution in [1.29, 1.82) is 0 Å². The van der Waals surface area contributed by atoms with Gasteiger partial charge in [-0.2, -0.15) is 4.98 Å². The maximum atomic E-state index is 5.91. The van der Waals surface area contributed by atoms with Crippen molar-refractivity contribution in [2.75, 3.05) is 6.54 Å². The second-order valence-electron chi connectivity index (χ2n) is 5.77. The molecular formula is C16H19N3O2. The number of ether oxygens (including phenoxy) is 1. The maximum Gasteiger partial charge on any atom is 0.243 e. The first kappa shape index (κ1) is 12.8. The van der Waals surface area contributed by atoms with Crippen LogP contribution < -0.4 is 10.1 Å². The van der Waals surface area contributed by atoms with Crippen LogP contribution in [0.15, 0.2) is 28.8 Å². The molecule has 2 aliphatic heterocycles. The Bertz CT molecular complexity index is 592. The van der Waals surface area contributed by atoms with Crippen LogP contribution in [0.5, 0.6) is 5.75 Å². The molecule has 1 aromatic carbocycles. The van der Waals surface area contributed by atoms with Gasteiger partial charge in [0.05, 0.1) is 6.04 Å². The van der Waals surface area contributed by atoms with Gasteiger partial charge in [0.15, 0.2) is 6.10 Å². The van der Waals surface area contributed by atoms with Crippen LogP contribution in [0.4, 0.5) is 0 Å². The lowest BCUT2D eigenvalue weighted by molar-refractivity contribution is 0.220.